The van der Waals surface area contributed by atoms with Crippen LogP contribution in [0.5, 0.6) is 11.5 Å². The van der Waals surface area contributed by atoms with E-state index in [9.17, 15) is 9.00 Å². The molecule has 0 saturated heterocycles. The standard InChI is InChI=1S/C27H32N2O4S/c1-2-29(20-18-27(30)28-34(31)33-26-12-7-4-8-13-26)19-9-21-32-25-16-14-24(15-17-25)22-23-10-5-3-6-11-23/h3-8,10-17H,2,9,18-22H2,1H3,(H,28,30). The van der Waals surface area contributed by atoms with Crippen molar-refractivity contribution in [3.8, 4) is 11.5 Å². The second kappa shape index (κ2) is 14.2. The van der Waals surface area contributed by atoms with E-state index in [0.717, 1.165) is 31.7 Å². The number of amides is 1. The van der Waals surface area contributed by atoms with Crippen molar-refractivity contribution in [1.29, 1.82) is 0 Å². The first-order valence-corrected chi connectivity index (χ1v) is 12.6. The Hall–Kier alpha value is -3.16. The van der Waals surface area contributed by atoms with Gasteiger partial charge in [0.15, 0.2) is 0 Å². The fourth-order valence-corrected chi connectivity index (χ4v) is 4.04. The minimum atomic E-state index is -1.90. The molecule has 1 amide bonds. The average Bonchev–Trinajstić information content (AvgIpc) is 2.86. The van der Waals surface area contributed by atoms with Crippen LogP contribution in [0, 0.1) is 0 Å². The van der Waals surface area contributed by atoms with E-state index < -0.39 is 11.3 Å². The molecule has 0 fully saturated rings. The van der Waals surface area contributed by atoms with Crippen LogP contribution in [0.4, 0.5) is 0 Å². The molecule has 7 heteroatoms. The highest BCUT2D eigenvalue weighted by Crippen LogP contribution is 2.15. The van der Waals surface area contributed by atoms with Gasteiger partial charge in [0.05, 0.1) is 6.61 Å². The SMILES string of the molecule is CCN(CCCOc1ccc(Cc2ccccc2)cc1)CCC(=O)NS(=O)Oc1ccccc1. The van der Waals surface area contributed by atoms with Crippen LogP contribution < -0.4 is 13.6 Å². The molecule has 0 saturated carbocycles. The van der Waals surface area contributed by atoms with Gasteiger partial charge < -0.3 is 13.8 Å². The van der Waals surface area contributed by atoms with E-state index in [2.05, 4.69) is 52.9 Å². The van der Waals surface area contributed by atoms with Crippen molar-refractivity contribution in [3.63, 3.8) is 0 Å². The lowest BCUT2D eigenvalue weighted by Crippen LogP contribution is -2.34. The molecule has 1 N–H and O–H groups in total. The summed E-state index contributed by atoms with van der Waals surface area (Å²) in [5, 5.41) is 0. The van der Waals surface area contributed by atoms with Crippen molar-refractivity contribution in [1.82, 2.24) is 9.62 Å². The molecule has 3 aromatic rings. The number of ether oxygens (including phenoxy) is 1. The van der Waals surface area contributed by atoms with E-state index in [1.54, 1.807) is 24.3 Å². The van der Waals surface area contributed by atoms with E-state index in [4.69, 9.17) is 8.92 Å². The van der Waals surface area contributed by atoms with Crippen LogP contribution >= 0.6 is 0 Å². The van der Waals surface area contributed by atoms with Gasteiger partial charge in [-0.1, -0.05) is 67.6 Å². The molecule has 0 bridgehead atoms. The van der Waals surface area contributed by atoms with Crippen LogP contribution in [-0.4, -0.2) is 41.3 Å². The smallest absolute Gasteiger partial charge is 0.318 e. The summed E-state index contributed by atoms with van der Waals surface area (Å²) in [6, 6.07) is 27.4. The van der Waals surface area contributed by atoms with Gasteiger partial charge in [0, 0.05) is 19.5 Å². The zero-order valence-corrected chi connectivity index (χ0v) is 20.3. The Labute approximate surface area is 204 Å². The molecular weight excluding hydrogens is 448 g/mol. The fraction of sp³-hybridized carbons (Fsp3) is 0.296. The number of benzene rings is 3. The van der Waals surface area contributed by atoms with Crippen molar-refractivity contribution in [2.75, 3.05) is 26.2 Å². The number of nitrogens with one attached hydrogen (secondary N) is 1. The summed E-state index contributed by atoms with van der Waals surface area (Å²) >= 11 is -1.90. The number of rotatable bonds is 14. The van der Waals surface area contributed by atoms with Gasteiger partial charge in [0.25, 0.3) is 0 Å². The number of carbonyl (C=O) groups is 1. The Morgan fingerprint density at radius 1 is 0.853 bits per heavy atom. The Bertz CT molecular complexity index is 1010. The Kier molecular flexibility index (Phi) is 10.6. The zero-order chi connectivity index (χ0) is 24.0. The number of nitrogens with zero attached hydrogens (tertiary/aromatic N) is 1. The summed E-state index contributed by atoms with van der Waals surface area (Å²) in [6.07, 6.45) is 2.01. The van der Waals surface area contributed by atoms with E-state index in [1.807, 2.05) is 24.3 Å². The Morgan fingerprint density at radius 3 is 2.18 bits per heavy atom. The van der Waals surface area contributed by atoms with Crippen molar-refractivity contribution in [2.24, 2.45) is 0 Å². The maximum Gasteiger partial charge on any atom is 0.318 e. The first-order chi connectivity index (χ1) is 16.6. The van der Waals surface area contributed by atoms with Crippen molar-refractivity contribution in [2.45, 2.75) is 26.2 Å². The lowest BCUT2D eigenvalue weighted by Gasteiger charge is -2.20. The molecule has 180 valence electrons. The average molecular weight is 481 g/mol. The van der Waals surface area contributed by atoms with E-state index in [0.29, 0.717) is 18.9 Å². The van der Waals surface area contributed by atoms with E-state index in [1.165, 1.54) is 11.1 Å². The minimum absolute atomic E-state index is 0.251. The van der Waals surface area contributed by atoms with Gasteiger partial charge in [0.2, 0.25) is 5.91 Å². The van der Waals surface area contributed by atoms with Gasteiger partial charge in [-0.3, -0.25) is 4.79 Å². The van der Waals surface area contributed by atoms with Gasteiger partial charge in [-0.05, 0) is 54.8 Å². The number of hydrogen-bond acceptors (Lipinski definition) is 5. The molecule has 0 aliphatic rings. The van der Waals surface area contributed by atoms with Crippen LogP contribution in [0.25, 0.3) is 0 Å². The van der Waals surface area contributed by atoms with E-state index in [-0.39, 0.29) is 12.3 Å². The van der Waals surface area contributed by atoms with Crippen LogP contribution in [-0.2, 0) is 22.5 Å². The fourth-order valence-electron chi connectivity index (χ4n) is 3.43. The van der Waals surface area contributed by atoms with Crippen molar-refractivity contribution < 1.29 is 17.9 Å². The van der Waals surface area contributed by atoms with Crippen LogP contribution in [0.3, 0.4) is 0 Å². The second-order valence-electron chi connectivity index (χ2n) is 7.85. The number of carbonyl (C=O) groups excluding carboxylic acids is 1. The molecular formula is C27H32N2O4S. The Morgan fingerprint density at radius 2 is 1.50 bits per heavy atom. The molecule has 0 aliphatic heterocycles. The van der Waals surface area contributed by atoms with Gasteiger partial charge in [-0.25, -0.2) is 4.72 Å². The first kappa shape index (κ1) is 25.5. The molecule has 0 aromatic heterocycles. The third-order valence-corrected chi connectivity index (χ3v) is 6.01. The molecule has 0 radical (unpaired) electrons. The summed E-state index contributed by atoms with van der Waals surface area (Å²) in [4.78, 5) is 14.3. The summed E-state index contributed by atoms with van der Waals surface area (Å²) in [7, 11) is 0. The highest BCUT2D eigenvalue weighted by atomic mass is 32.2. The van der Waals surface area contributed by atoms with Gasteiger partial charge in [-0.2, -0.15) is 4.21 Å². The molecule has 0 aliphatic carbocycles. The van der Waals surface area contributed by atoms with Crippen LogP contribution in [0.1, 0.15) is 30.9 Å². The molecule has 6 nitrogen and oxygen atoms in total. The van der Waals surface area contributed by atoms with Gasteiger partial charge in [-0.15, -0.1) is 0 Å². The normalized spacial score (nSPS) is 11.7. The second-order valence-corrected chi connectivity index (χ2v) is 8.69. The third-order valence-electron chi connectivity index (χ3n) is 5.28. The molecule has 0 heterocycles. The van der Waals surface area contributed by atoms with Crippen LogP contribution in [0.2, 0.25) is 0 Å². The predicted molar refractivity (Wildman–Crippen MR) is 136 cm³/mol. The monoisotopic (exact) mass is 480 g/mol. The molecule has 3 aromatic carbocycles. The Balaban J connectivity index is 1.30. The lowest BCUT2D eigenvalue weighted by molar-refractivity contribution is -0.119. The minimum Gasteiger partial charge on any atom is -0.494 e. The highest BCUT2D eigenvalue weighted by molar-refractivity contribution is 7.79. The summed E-state index contributed by atoms with van der Waals surface area (Å²) in [6.45, 7) is 4.89. The lowest BCUT2D eigenvalue weighted by atomic mass is 10.1. The maximum atomic E-state index is 12.1. The number of hydrogen-bond donors (Lipinski definition) is 1. The van der Waals surface area contributed by atoms with Crippen molar-refractivity contribution >= 4 is 17.2 Å². The number of para-hydroxylation sites is 1. The van der Waals surface area contributed by atoms with Crippen LogP contribution in [0.15, 0.2) is 84.9 Å². The quantitative estimate of drug-likeness (QED) is 0.343. The predicted octanol–water partition coefficient (Wildman–Crippen LogP) is 4.53. The largest absolute Gasteiger partial charge is 0.494 e. The zero-order valence-electron chi connectivity index (χ0n) is 19.5. The maximum absolute atomic E-state index is 12.1. The molecule has 34 heavy (non-hydrogen) atoms. The molecule has 0 spiro atoms. The third kappa shape index (κ3) is 9.37. The molecule has 1 unspecified atom stereocenters. The van der Waals surface area contributed by atoms with Crippen molar-refractivity contribution in [3.05, 3.63) is 96.1 Å². The first-order valence-electron chi connectivity index (χ1n) is 11.5. The highest BCUT2D eigenvalue weighted by Gasteiger charge is 2.11. The summed E-state index contributed by atoms with van der Waals surface area (Å²) < 4.78 is 25.4. The van der Waals surface area contributed by atoms with E-state index >= 15 is 0 Å². The van der Waals surface area contributed by atoms with Gasteiger partial charge >= 0.3 is 11.3 Å². The summed E-state index contributed by atoms with van der Waals surface area (Å²) in [5.74, 6) is 1.00. The van der Waals surface area contributed by atoms with Gasteiger partial charge in [0.1, 0.15) is 11.5 Å². The molecule has 3 rings (SSSR count). The molecule has 1 atom stereocenters. The topological polar surface area (TPSA) is 67.9 Å². The summed E-state index contributed by atoms with van der Waals surface area (Å²) in [5.41, 5.74) is 2.54.